The Bertz CT molecular complexity index is 1120. The van der Waals surface area contributed by atoms with Crippen molar-refractivity contribution in [1.82, 2.24) is 19.7 Å². The number of thiazole rings is 1. The molecule has 5 rings (SSSR count). The molecular weight excluding hydrogens is 448 g/mol. The van der Waals surface area contributed by atoms with E-state index >= 15 is 0 Å². The Morgan fingerprint density at radius 2 is 1.97 bits per heavy atom. The van der Waals surface area contributed by atoms with Crippen LogP contribution in [-0.2, 0) is 11.9 Å². The monoisotopic (exact) mass is 473 g/mol. The lowest BCUT2D eigenvalue weighted by molar-refractivity contribution is 0.0800. The van der Waals surface area contributed by atoms with Crippen molar-refractivity contribution < 1.29 is 18.4 Å². The smallest absolute Gasteiger partial charge is 0.232 e. The lowest BCUT2D eigenvalue weighted by atomic mass is 9.97. The predicted octanol–water partition coefficient (Wildman–Crippen LogP) is 4.28. The molecule has 0 aliphatic carbocycles. The first-order valence-corrected chi connectivity index (χ1v) is 11.9. The van der Waals surface area contributed by atoms with Crippen LogP contribution >= 0.6 is 11.3 Å². The van der Waals surface area contributed by atoms with Crippen LogP contribution in [0.3, 0.4) is 0 Å². The molecule has 1 saturated heterocycles. The first-order chi connectivity index (χ1) is 16.1. The SMILES string of the molecule is Cn1ccc(OCCN2CCC(c3nc(C4=NOC(c5c(F)cccc5F)C4)cs3)CC2)n1. The van der Waals surface area contributed by atoms with E-state index in [1.807, 2.05) is 24.7 Å². The van der Waals surface area contributed by atoms with Gasteiger partial charge in [-0.2, -0.15) is 0 Å². The molecule has 174 valence electrons. The fourth-order valence-corrected chi connectivity index (χ4v) is 5.26. The lowest BCUT2D eigenvalue weighted by Gasteiger charge is -2.30. The molecule has 4 heterocycles. The maximum absolute atomic E-state index is 14.1. The van der Waals surface area contributed by atoms with E-state index in [-0.39, 0.29) is 5.56 Å². The van der Waals surface area contributed by atoms with Gasteiger partial charge in [0.15, 0.2) is 6.10 Å². The second kappa shape index (κ2) is 9.56. The second-order valence-electron chi connectivity index (χ2n) is 8.33. The summed E-state index contributed by atoms with van der Waals surface area (Å²) in [5, 5.41) is 11.3. The van der Waals surface area contributed by atoms with E-state index in [9.17, 15) is 8.78 Å². The van der Waals surface area contributed by atoms with Crippen LogP contribution in [0.1, 0.15) is 47.5 Å². The van der Waals surface area contributed by atoms with E-state index in [1.165, 1.54) is 18.2 Å². The summed E-state index contributed by atoms with van der Waals surface area (Å²) in [4.78, 5) is 12.5. The van der Waals surface area contributed by atoms with Gasteiger partial charge in [0, 0.05) is 43.6 Å². The average Bonchev–Trinajstić information content (AvgIpc) is 3.55. The van der Waals surface area contributed by atoms with E-state index in [4.69, 9.17) is 14.6 Å². The first kappa shape index (κ1) is 22.0. The molecule has 7 nitrogen and oxygen atoms in total. The fraction of sp³-hybridized carbons (Fsp3) is 0.435. The average molecular weight is 474 g/mol. The summed E-state index contributed by atoms with van der Waals surface area (Å²) in [6, 6.07) is 5.67. The van der Waals surface area contributed by atoms with Gasteiger partial charge >= 0.3 is 0 Å². The lowest BCUT2D eigenvalue weighted by Crippen LogP contribution is -2.35. The largest absolute Gasteiger partial charge is 0.475 e. The van der Waals surface area contributed by atoms with Crippen molar-refractivity contribution in [3.63, 3.8) is 0 Å². The minimum Gasteiger partial charge on any atom is -0.475 e. The molecule has 0 spiro atoms. The molecule has 33 heavy (non-hydrogen) atoms. The Labute approximate surface area is 194 Å². The number of likely N-dealkylation sites (tertiary alicyclic amines) is 1. The van der Waals surface area contributed by atoms with Crippen LogP contribution in [0.4, 0.5) is 8.78 Å². The van der Waals surface area contributed by atoms with Gasteiger partial charge in [-0.3, -0.25) is 9.58 Å². The summed E-state index contributed by atoms with van der Waals surface area (Å²) in [7, 11) is 1.87. The van der Waals surface area contributed by atoms with E-state index in [0.717, 1.165) is 43.2 Å². The molecule has 10 heteroatoms. The van der Waals surface area contributed by atoms with E-state index in [1.54, 1.807) is 16.0 Å². The van der Waals surface area contributed by atoms with Gasteiger partial charge in [0.2, 0.25) is 5.88 Å². The zero-order chi connectivity index (χ0) is 22.8. The number of aromatic nitrogens is 3. The standard InChI is InChI=1S/C23H25F2N5O2S/c1-29-8-7-21(27-29)31-12-11-30-9-5-15(6-10-30)23-26-19(14-33-23)18-13-20(32-28-18)22-16(24)3-2-4-17(22)25/h2-4,7-8,14-15,20H,5-6,9-13H2,1H3. The Balaban J connectivity index is 1.12. The Morgan fingerprint density at radius 1 is 1.18 bits per heavy atom. The maximum atomic E-state index is 14.1. The zero-order valence-electron chi connectivity index (χ0n) is 18.3. The second-order valence-corrected chi connectivity index (χ2v) is 9.22. The van der Waals surface area contributed by atoms with Gasteiger partial charge in [0.25, 0.3) is 0 Å². The molecule has 1 fully saturated rings. The molecule has 3 aromatic rings. The number of rotatable bonds is 7. The predicted molar refractivity (Wildman–Crippen MR) is 121 cm³/mol. The van der Waals surface area contributed by atoms with Gasteiger partial charge in [-0.05, 0) is 38.1 Å². The molecule has 0 amide bonds. The summed E-state index contributed by atoms with van der Waals surface area (Å²) < 4.78 is 35.6. The molecule has 1 unspecified atom stereocenters. The van der Waals surface area contributed by atoms with E-state index in [2.05, 4.69) is 15.2 Å². The molecule has 2 aromatic heterocycles. The van der Waals surface area contributed by atoms with Gasteiger partial charge in [0.05, 0.1) is 16.3 Å². The number of hydrogen-bond acceptors (Lipinski definition) is 7. The molecule has 0 radical (unpaired) electrons. The fourth-order valence-electron chi connectivity index (χ4n) is 4.26. The summed E-state index contributed by atoms with van der Waals surface area (Å²) in [5.41, 5.74) is 1.29. The third-order valence-corrected chi connectivity index (χ3v) is 7.10. The maximum Gasteiger partial charge on any atom is 0.232 e. The van der Waals surface area contributed by atoms with Crippen molar-refractivity contribution in [1.29, 1.82) is 0 Å². The van der Waals surface area contributed by atoms with Crippen LogP contribution in [0.2, 0.25) is 0 Å². The Kier molecular flexibility index (Phi) is 6.37. The molecular formula is C23H25F2N5O2S. The molecule has 2 aliphatic heterocycles. The van der Waals surface area contributed by atoms with E-state index < -0.39 is 17.7 Å². The highest BCUT2D eigenvalue weighted by Crippen LogP contribution is 2.35. The topological polar surface area (TPSA) is 64.8 Å². The van der Waals surface area contributed by atoms with Crippen LogP contribution < -0.4 is 4.74 Å². The Morgan fingerprint density at radius 3 is 2.70 bits per heavy atom. The molecule has 2 aliphatic rings. The zero-order valence-corrected chi connectivity index (χ0v) is 19.1. The van der Waals surface area contributed by atoms with Crippen LogP contribution in [0.25, 0.3) is 0 Å². The van der Waals surface area contributed by atoms with Crippen molar-refractivity contribution in [2.24, 2.45) is 12.2 Å². The van der Waals surface area contributed by atoms with Crippen molar-refractivity contribution >= 4 is 17.0 Å². The van der Waals surface area contributed by atoms with Crippen LogP contribution in [-0.4, -0.2) is 51.6 Å². The highest BCUT2D eigenvalue weighted by molar-refractivity contribution is 7.10. The number of nitrogens with zero attached hydrogens (tertiary/aromatic N) is 5. The number of ether oxygens (including phenoxy) is 1. The Hall–Kier alpha value is -2.85. The van der Waals surface area contributed by atoms with Crippen LogP contribution in [0, 0.1) is 11.6 Å². The van der Waals surface area contributed by atoms with Crippen LogP contribution in [0.5, 0.6) is 5.88 Å². The summed E-state index contributed by atoms with van der Waals surface area (Å²) in [6.45, 7) is 3.47. The molecule has 1 atom stereocenters. The summed E-state index contributed by atoms with van der Waals surface area (Å²) in [5.74, 6) is -0.179. The third kappa shape index (κ3) is 4.91. The molecule has 0 N–H and O–H groups in total. The summed E-state index contributed by atoms with van der Waals surface area (Å²) in [6.07, 6.45) is 3.47. The minimum absolute atomic E-state index is 0.0777. The summed E-state index contributed by atoms with van der Waals surface area (Å²) >= 11 is 1.62. The molecule has 0 bridgehead atoms. The van der Waals surface area contributed by atoms with Gasteiger partial charge in [-0.15, -0.1) is 16.4 Å². The number of piperidine rings is 1. The minimum atomic E-state index is -0.761. The third-order valence-electron chi connectivity index (χ3n) is 6.09. The number of halogens is 2. The quantitative estimate of drug-likeness (QED) is 0.513. The van der Waals surface area contributed by atoms with Crippen molar-refractivity contribution in [2.45, 2.75) is 31.3 Å². The van der Waals surface area contributed by atoms with Gasteiger partial charge in [0.1, 0.15) is 24.0 Å². The van der Waals surface area contributed by atoms with E-state index in [0.29, 0.717) is 30.5 Å². The number of aryl methyl sites for hydroxylation is 1. The van der Waals surface area contributed by atoms with Crippen LogP contribution in [0.15, 0.2) is 41.0 Å². The van der Waals surface area contributed by atoms with Gasteiger partial charge in [-0.1, -0.05) is 11.2 Å². The van der Waals surface area contributed by atoms with Crippen molar-refractivity contribution in [3.8, 4) is 5.88 Å². The first-order valence-electron chi connectivity index (χ1n) is 11.0. The molecule has 0 saturated carbocycles. The number of benzene rings is 1. The van der Waals surface area contributed by atoms with Gasteiger partial charge < -0.3 is 9.57 Å². The van der Waals surface area contributed by atoms with Crippen molar-refractivity contribution in [2.75, 3.05) is 26.2 Å². The highest BCUT2D eigenvalue weighted by atomic mass is 32.1. The highest BCUT2D eigenvalue weighted by Gasteiger charge is 2.31. The molecule has 1 aromatic carbocycles. The number of hydrogen-bond donors (Lipinski definition) is 0. The van der Waals surface area contributed by atoms with Crippen molar-refractivity contribution in [3.05, 3.63) is 63.7 Å². The number of oxime groups is 1. The normalized spacial score (nSPS) is 19.5. The van der Waals surface area contributed by atoms with Gasteiger partial charge in [-0.25, -0.2) is 13.8 Å².